The van der Waals surface area contributed by atoms with E-state index in [0.717, 1.165) is 23.1 Å². The van der Waals surface area contributed by atoms with Crippen LogP contribution in [0.5, 0.6) is 0 Å². The van der Waals surface area contributed by atoms with Crippen molar-refractivity contribution in [2.45, 2.75) is 6.42 Å². The maximum absolute atomic E-state index is 11.6. The Bertz CT molecular complexity index is 827. The molecule has 0 radical (unpaired) electrons. The van der Waals surface area contributed by atoms with Crippen LogP contribution in [0.15, 0.2) is 42.5 Å². The second-order valence-electron chi connectivity index (χ2n) is 4.96. The quantitative estimate of drug-likeness (QED) is 0.773. The van der Waals surface area contributed by atoms with E-state index < -0.39 is 21.7 Å². The third-order valence-electron chi connectivity index (χ3n) is 3.38. The van der Waals surface area contributed by atoms with E-state index in [1.807, 2.05) is 30.3 Å². The monoisotopic (exact) mass is 303 g/mol. The van der Waals surface area contributed by atoms with Gasteiger partial charge in [-0.1, -0.05) is 30.3 Å². The van der Waals surface area contributed by atoms with Crippen LogP contribution in [0, 0.1) is 0 Å². The molecule has 0 unspecified atom stereocenters. The van der Waals surface area contributed by atoms with Crippen molar-refractivity contribution in [3.63, 3.8) is 0 Å². The summed E-state index contributed by atoms with van der Waals surface area (Å²) in [5.74, 6) is -2.32. The van der Waals surface area contributed by atoms with Gasteiger partial charge in [0.15, 0.2) is 5.75 Å². The number of carbonyl (C=O) groups is 1. The number of sulfonamides is 1. The van der Waals surface area contributed by atoms with Crippen molar-refractivity contribution < 1.29 is 18.3 Å². The Balaban J connectivity index is 1.89. The first kappa shape index (κ1) is 13.6. The Hall–Kier alpha value is -2.34. The lowest BCUT2D eigenvalue weighted by atomic mass is 10.1. The molecule has 0 atom stereocenters. The van der Waals surface area contributed by atoms with Crippen LogP contribution in [0.2, 0.25) is 0 Å². The second kappa shape index (κ2) is 4.89. The van der Waals surface area contributed by atoms with Crippen molar-refractivity contribution in [1.29, 1.82) is 0 Å². The van der Waals surface area contributed by atoms with Gasteiger partial charge in [-0.05, 0) is 40.8 Å². The first-order valence-electron chi connectivity index (χ1n) is 6.38. The van der Waals surface area contributed by atoms with E-state index in [0.29, 0.717) is 5.69 Å². The van der Waals surface area contributed by atoms with Gasteiger partial charge < -0.3 is 5.11 Å². The third kappa shape index (κ3) is 2.75. The normalized spacial score (nSPS) is 12.6. The molecule has 2 aromatic rings. The highest BCUT2D eigenvalue weighted by atomic mass is 32.2. The van der Waals surface area contributed by atoms with E-state index in [9.17, 15) is 13.2 Å². The lowest BCUT2D eigenvalue weighted by Crippen LogP contribution is -2.22. The van der Waals surface area contributed by atoms with Gasteiger partial charge in [0.05, 0.1) is 0 Å². The molecule has 2 N–H and O–H groups in total. The van der Waals surface area contributed by atoms with Crippen LogP contribution in [0.1, 0.15) is 11.1 Å². The Morgan fingerprint density at radius 2 is 1.81 bits per heavy atom. The van der Waals surface area contributed by atoms with E-state index in [2.05, 4.69) is 4.72 Å². The van der Waals surface area contributed by atoms with Crippen LogP contribution >= 0.6 is 0 Å². The topological polar surface area (TPSA) is 83.5 Å². The summed E-state index contributed by atoms with van der Waals surface area (Å²) in [5, 5.41) is 8.58. The molecule has 0 fully saturated rings. The molecule has 108 valence electrons. The zero-order valence-corrected chi connectivity index (χ0v) is 11.9. The van der Waals surface area contributed by atoms with Gasteiger partial charge in [0, 0.05) is 5.69 Å². The van der Waals surface area contributed by atoms with Gasteiger partial charge in [0.1, 0.15) is 0 Å². The van der Waals surface area contributed by atoms with Gasteiger partial charge in [-0.3, -0.25) is 9.52 Å². The van der Waals surface area contributed by atoms with Crippen LogP contribution in [0.25, 0.3) is 11.1 Å². The van der Waals surface area contributed by atoms with Crippen LogP contribution in [-0.4, -0.2) is 25.2 Å². The molecule has 0 aromatic heterocycles. The van der Waals surface area contributed by atoms with Crippen molar-refractivity contribution in [3.05, 3.63) is 53.6 Å². The number of hydrogen-bond acceptors (Lipinski definition) is 3. The summed E-state index contributed by atoms with van der Waals surface area (Å²) < 4.78 is 25.6. The molecule has 3 rings (SSSR count). The second-order valence-corrected chi connectivity index (χ2v) is 6.68. The molecule has 5 nitrogen and oxygen atoms in total. The summed E-state index contributed by atoms with van der Waals surface area (Å²) in [5.41, 5.74) is 4.88. The van der Waals surface area contributed by atoms with Gasteiger partial charge in [-0.15, -0.1) is 0 Å². The number of hydrogen-bond donors (Lipinski definition) is 2. The fourth-order valence-electron chi connectivity index (χ4n) is 2.59. The number of benzene rings is 2. The molecule has 0 saturated heterocycles. The molecule has 1 aliphatic carbocycles. The summed E-state index contributed by atoms with van der Waals surface area (Å²) in [6, 6.07) is 13.3. The average Bonchev–Trinajstić information content (AvgIpc) is 2.73. The molecular formula is C15H13NO4S. The molecule has 6 heteroatoms. The SMILES string of the molecule is O=C(O)CS(=O)(=O)Nc1ccc2c(c1)Cc1ccccc1-2. The zero-order chi connectivity index (χ0) is 15.0. The Kier molecular flexibility index (Phi) is 3.17. The van der Waals surface area contributed by atoms with Crippen LogP contribution < -0.4 is 4.72 Å². The minimum atomic E-state index is -3.87. The fraction of sp³-hybridized carbons (Fsp3) is 0.133. The maximum atomic E-state index is 11.6. The minimum Gasteiger partial charge on any atom is -0.480 e. The zero-order valence-electron chi connectivity index (χ0n) is 11.0. The maximum Gasteiger partial charge on any atom is 0.320 e. The Morgan fingerprint density at radius 1 is 1.10 bits per heavy atom. The molecule has 21 heavy (non-hydrogen) atoms. The molecule has 0 bridgehead atoms. The van der Waals surface area contributed by atoms with Crippen molar-refractivity contribution in [2.24, 2.45) is 0 Å². The van der Waals surface area contributed by atoms with Gasteiger partial charge >= 0.3 is 5.97 Å². The lowest BCUT2D eigenvalue weighted by Gasteiger charge is -2.08. The molecule has 0 heterocycles. The summed E-state index contributed by atoms with van der Waals surface area (Å²) in [4.78, 5) is 10.5. The summed E-state index contributed by atoms with van der Waals surface area (Å²) in [6.45, 7) is 0. The van der Waals surface area contributed by atoms with Crippen molar-refractivity contribution in [2.75, 3.05) is 10.5 Å². The Morgan fingerprint density at radius 3 is 2.57 bits per heavy atom. The number of carboxylic acids is 1. The highest BCUT2D eigenvalue weighted by molar-refractivity contribution is 7.93. The molecular weight excluding hydrogens is 290 g/mol. The largest absolute Gasteiger partial charge is 0.480 e. The van der Waals surface area contributed by atoms with Crippen molar-refractivity contribution in [1.82, 2.24) is 0 Å². The van der Waals surface area contributed by atoms with E-state index >= 15 is 0 Å². The summed E-state index contributed by atoms with van der Waals surface area (Å²) in [7, 11) is -3.87. The van der Waals surface area contributed by atoms with Crippen LogP contribution in [-0.2, 0) is 21.2 Å². The third-order valence-corrected chi connectivity index (χ3v) is 4.55. The molecule has 0 aliphatic heterocycles. The van der Waals surface area contributed by atoms with Gasteiger partial charge in [0.25, 0.3) is 0 Å². The van der Waals surface area contributed by atoms with Gasteiger partial charge in [-0.2, -0.15) is 0 Å². The number of anilines is 1. The minimum absolute atomic E-state index is 0.391. The van der Waals surface area contributed by atoms with E-state index in [4.69, 9.17) is 5.11 Å². The number of carboxylic acid groups (broad SMARTS) is 1. The molecule has 0 amide bonds. The van der Waals surface area contributed by atoms with Crippen LogP contribution in [0.3, 0.4) is 0 Å². The highest BCUT2D eigenvalue weighted by Crippen LogP contribution is 2.37. The molecule has 1 aliphatic rings. The number of nitrogens with one attached hydrogen (secondary N) is 1. The molecule has 0 spiro atoms. The summed E-state index contributed by atoms with van der Waals surface area (Å²) >= 11 is 0. The first-order valence-corrected chi connectivity index (χ1v) is 8.03. The predicted octanol–water partition coefficient (Wildman–Crippen LogP) is 2.08. The fourth-order valence-corrected chi connectivity index (χ4v) is 3.47. The van der Waals surface area contributed by atoms with Crippen molar-refractivity contribution in [3.8, 4) is 11.1 Å². The number of rotatable bonds is 4. The van der Waals surface area contributed by atoms with E-state index in [-0.39, 0.29) is 0 Å². The predicted molar refractivity (Wildman–Crippen MR) is 79.7 cm³/mol. The molecule has 2 aromatic carbocycles. The lowest BCUT2D eigenvalue weighted by molar-refractivity contribution is -0.134. The highest BCUT2D eigenvalue weighted by Gasteiger charge is 2.20. The molecule has 0 saturated carbocycles. The number of aliphatic carboxylic acids is 1. The number of fused-ring (bicyclic) bond motifs is 3. The average molecular weight is 303 g/mol. The van der Waals surface area contributed by atoms with Crippen molar-refractivity contribution >= 4 is 21.7 Å². The van der Waals surface area contributed by atoms with Crippen LogP contribution in [0.4, 0.5) is 5.69 Å². The summed E-state index contributed by atoms with van der Waals surface area (Å²) in [6.07, 6.45) is 0.750. The first-order chi connectivity index (χ1) is 9.94. The van der Waals surface area contributed by atoms with E-state index in [1.165, 1.54) is 5.56 Å². The Labute approximate surface area is 122 Å². The van der Waals surface area contributed by atoms with Gasteiger partial charge in [-0.25, -0.2) is 8.42 Å². The van der Waals surface area contributed by atoms with Gasteiger partial charge in [0.2, 0.25) is 10.0 Å². The smallest absolute Gasteiger partial charge is 0.320 e. The van der Waals surface area contributed by atoms with E-state index in [1.54, 1.807) is 12.1 Å². The standard InChI is InChI=1S/C15H13NO4S/c17-15(18)9-21(19,20)16-12-5-6-14-11(8-12)7-10-3-1-2-4-13(10)14/h1-6,8,16H,7,9H2,(H,17,18).